The summed E-state index contributed by atoms with van der Waals surface area (Å²) in [7, 11) is -5.21. The summed E-state index contributed by atoms with van der Waals surface area (Å²) in [5.74, 6) is -1.89. The monoisotopic (exact) mass is 601 g/mol. The smallest absolute Gasteiger partial charge is 0.262 e. The lowest BCUT2D eigenvalue weighted by atomic mass is 10.00. The van der Waals surface area contributed by atoms with E-state index in [1.54, 1.807) is 30.6 Å². The molecule has 41 heavy (non-hydrogen) atoms. The van der Waals surface area contributed by atoms with Crippen LogP contribution >= 0.6 is 0 Å². The number of ether oxygens (including phenoxy) is 1. The minimum Gasteiger partial charge on any atom is -0.497 e. The number of hydrogen-bond acceptors (Lipinski definition) is 5. The van der Waals surface area contributed by atoms with Crippen LogP contribution in [0.25, 0.3) is 11.0 Å². The number of nitrogens with one attached hydrogen (secondary N) is 1. The Morgan fingerprint density at radius 2 is 1.63 bits per heavy atom. The van der Waals surface area contributed by atoms with Crippen molar-refractivity contribution in [2.45, 2.75) is 69.2 Å². The Morgan fingerprint density at radius 1 is 0.976 bits per heavy atom. The minimum absolute atomic E-state index is 0.158. The van der Waals surface area contributed by atoms with Crippen molar-refractivity contribution in [3.8, 4) is 5.75 Å². The van der Waals surface area contributed by atoms with Crippen LogP contribution in [0, 0.1) is 11.6 Å². The number of anilines is 1. The molecule has 1 atom stereocenters. The van der Waals surface area contributed by atoms with Gasteiger partial charge in [0.2, 0.25) is 0 Å². The molecule has 1 unspecified atom stereocenters. The first-order valence-electron chi connectivity index (χ1n) is 13.6. The van der Waals surface area contributed by atoms with Gasteiger partial charge in [0.15, 0.2) is 14.1 Å². The van der Waals surface area contributed by atoms with Crippen LogP contribution in [0.2, 0.25) is 16.6 Å². The van der Waals surface area contributed by atoms with Crippen LogP contribution in [0.3, 0.4) is 0 Å². The number of aromatic nitrogens is 2. The molecule has 2 N–H and O–H groups in total. The molecule has 220 valence electrons. The van der Waals surface area contributed by atoms with Crippen LogP contribution < -0.4 is 9.46 Å². The van der Waals surface area contributed by atoms with Gasteiger partial charge in [0, 0.05) is 29.4 Å². The normalized spacial score (nSPS) is 13.4. The van der Waals surface area contributed by atoms with Crippen molar-refractivity contribution in [2.75, 3.05) is 11.8 Å². The molecule has 4 aromatic rings. The standard InChI is InChI=1S/C30H37F2N3O4SSi/c1-18(2)41(19(3)4,20(5)6)35-17-24(23-12-9-15-33-30(23)35)29(36)27-25(31)13-14-26(28(27)32)34-40(37,38)22-11-8-10-21(16-22)39-7/h8-20,29,34,36H,1-7H3. The van der Waals surface area contributed by atoms with E-state index in [1.165, 1.54) is 25.3 Å². The van der Waals surface area contributed by atoms with E-state index in [1.807, 2.05) is 0 Å². The topological polar surface area (TPSA) is 93.5 Å². The zero-order chi connectivity index (χ0) is 30.3. The maximum Gasteiger partial charge on any atom is 0.262 e. The number of nitrogens with zero attached hydrogens (tertiary/aromatic N) is 2. The zero-order valence-corrected chi connectivity index (χ0v) is 26.1. The first kappa shape index (κ1) is 30.7. The second kappa shape index (κ2) is 11.5. The number of halogens is 2. The molecule has 4 rings (SSSR count). The SMILES string of the molecule is COc1cccc(S(=O)(=O)Nc2ccc(F)c(C(O)c3cn([Si](C(C)C)(C(C)C)C(C)C)c4ncccc34)c2F)c1. The van der Waals surface area contributed by atoms with Crippen molar-refractivity contribution in [2.24, 2.45) is 0 Å². The summed E-state index contributed by atoms with van der Waals surface area (Å²) in [5.41, 5.74) is 0.719. The first-order valence-corrected chi connectivity index (χ1v) is 17.2. The Kier molecular flexibility index (Phi) is 8.63. The average Bonchev–Trinajstić information content (AvgIpc) is 3.30. The van der Waals surface area contributed by atoms with E-state index >= 15 is 8.78 Å². The Labute approximate surface area is 241 Å². The molecule has 0 saturated carbocycles. The van der Waals surface area contributed by atoms with Crippen LogP contribution in [0.15, 0.2) is 65.8 Å². The van der Waals surface area contributed by atoms with Gasteiger partial charge in [0.1, 0.15) is 23.3 Å². The van der Waals surface area contributed by atoms with Crippen LogP contribution in [-0.4, -0.2) is 38.1 Å². The highest BCUT2D eigenvalue weighted by molar-refractivity contribution is 7.92. The van der Waals surface area contributed by atoms with Gasteiger partial charge >= 0.3 is 0 Å². The lowest BCUT2D eigenvalue weighted by Crippen LogP contribution is -2.51. The third-order valence-corrected chi connectivity index (χ3v) is 16.2. The number of aliphatic hydroxyl groups excluding tert-OH is 1. The average molecular weight is 602 g/mol. The largest absolute Gasteiger partial charge is 0.497 e. The molecule has 0 aliphatic rings. The number of rotatable bonds is 10. The van der Waals surface area contributed by atoms with Gasteiger partial charge in [0.25, 0.3) is 10.0 Å². The van der Waals surface area contributed by atoms with E-state index in [9.17, 15) is 13.5 Å². The van der Waals surface area contributed by atoms with Crippen LogP contribution in [0.5, 0.6) is 5.75 Å². The molecule has 11 heteroatoms. The van der Waals surface area contributed by atoms with E-state index in [2.05, 4.69) is 55.5 Å². The van der Waals surface area contributed by atoms with Crippen molar-refractivity contribution >= 4 is 35.0 Å². The second-order valence-corrected chi connectivity index (χ2v) is 18.6. The van der Waals surface area contributed by atoms with Crippen molar-refractivity contribution in [3.05, 3.63) is 83.7 Å². The molecule has 0 bridgehead atoms. The molecule has 7 nitrogen and oxygen atoms in total. The van der Waals surface area contributed by atoms with Crippen molar-refractivity contribution < 1.29 is 27.0 Å². The van der Waals surface area contributed by atoms with E-state index in [-0.39, 0.29) is 4.90 Å². The van der Waals surface area contributed by atoms with Gasteiger partial charge in [-0.05, 0) is 53.0 Å². The Morgan fingerprint density at radius 3 is 2.24 bits per heavy atom. The van der Waals surface area contributed by atoms with Crippen molar-refractivity contribution in [1.82, 2.24) is 9.22 Å². The molecule has 0 amide bonds. The Hall–Kier alpha value is -3.28. The molecule has 2 heterocycles. The fourth-order valence-electron chi connectivity index (χ4n) is 6.46. The fraction of sp³-hybridized carbons (Fsp3) is 0.367. The quantitative estimate of drug-likeness (QED) is 0.187. The maximum atomic E-state index is 15.9. The molecule has 0 radical (unpaired) electrons. The molecular weight excluding hydrogens is 564 g/mol. The zero-order valence-electron chi connectivity index (χ0n) is 24.3. The summed E-state index contributed by atoms with van der Waals surface area (Å²) < 4.78 is 66.7. The van der Waals surface area contributed by atoms with E-state index < -0.39 is 47.2 Å². The summed E-state index contributed by atoms with van der Waals surface area (Å²) >= 11 is 0. The predicted octanol–water partition coefficient (Wildman–Crippen LogP) is 7.23. The summed E-state index contributed by atoms with van der Waals surface area (Å²) in [4.78, 5) is 4.49. The van der Waals surface area contributed by atoms with E-state index in [4.69, 9.17) is 4.74 Å². The summed E-state index contributed by atoms with van der Waals surface area (Å²) in [6.45, 7) is 13.1. The van der Waals surface area contributed by atoms with Crippen LogP contribution in [0.4, 0.5) is 14.5 Å². The molecule has 0 saturated heterocycles. The van der Waals surface area contributed by atoms with Gasteiger partial charge in [0.05, 0.1) is 23.3 Å². The number of pyridine rings is 1. The van der Waals surface area contributed by atoms with Gasteiger partial charge in [-0.2, -0.15) is 0 Å². The second-order valence-electron chi connectivity index (χ2n) is 11.2. The number of methoxy groups -OCH3 is 1. The summed E-state index contributed by atoms with van der Waals surface area (Å²) in [6, 6.07) is 11.1. The summed E-state index contributed by atoms with van der Waals surface area (Å²) in [6.07, 6.45) is 1.74. The van der Waals surface area contributed by atoms with Crippen molar-refractivity contribution in [1.29, 1.82) is 0 Å². The van der Waals surface area contributed by atoms with Gasteiger partial charge in [-0.15, -0.1) is 0 Å². The predicted molar refractivity (Wildman–Crippen MR) is 160 cm³/mol. The van der Waals surface area contributed by atoms with E-state index in [0.29, 0.717) is 39.0 Å². The molecule has 0 fully saturated rings. The molecule has 0 aliphatic heterocycles. The molecular formula is C30H37F2N3O4SSi. The van der Waals surface area contributed by atoms with Gasteiger partial charge < -0.3 is 14.1 Å². The highest BCUT2D eigenvalue weighted by Crippen LogP contribution is 2.46. The van der Waals surface area contributed by atoms with Gasteiger partial charge in [-0.25, -0.2) is 22.2 Å². The number of aliphatic hydroxyl groups is 1. The molecule has 0 spiro atoms. The number of hydrogen-bond donors (Lipinski definition) is 2. The summed E-state index contributed by atoms with van der Waals surface area (Å²) in [5, 5.41) is 12.1. The fourth-order valence-corrected chi connectivity index (χ4v) is 14.1. The van der Waals surface area contributed by atoms with Gasteiger partial charge in [-0.1, -0.05) is 47.6 Å². The Balaban J connectivity index is 1.86. The van der Waals surface area contributed by atoms with Gasteiger partial charge in [-0.3, -0.25) is 4.72 Å². The molecule has 0 aliphatic carbocycles. The molecule has 2 aromatic carbocycles. The highest BCUT2D eigenvalue weighted by atomic mass is 32.2. The maximum absolute atomic E-state index is 15.9. The van der Waals surface area contributed by atoms with Crippen LogP contribution in [0.1, 0.15) is 58.8 Å². The minimum atomic E-state index is -4.25. The third-order valence-electron chi connectivity index (χ3n) is 8.08. The highest BCUT2D eigenvalue weighted by Gasteiger charge is 2.46. The lowest BCUT2D eigenvalue weighted by molar-refractivity contribution is 0.210. The molecule has 2 aromatic heterocycles. The first-order chi connectivity index (χ1) is 19.3. The van der Waals surface area contributed by atoms with Crippen molar-refractivity contribution in [3.63, 3.8) is 0 Å². The number of sulfonamides is 1. The number of benzene rings is 2. The van der Waals surface area contributed by atoms with E-state index in [0.717, 1.165) is 12.1 Å². The lowest BCUT2D eigenvalue weighted by Gasteiger charge is -2.44. The third kappa shape index (κ3) is 5.26. The number of fused-ring (bicyclic) bond motifs is 1. The van der Waals surface area contributed by atoms with Crippen LogP contribution in [-0.2, 0) is 10.0 Å². The Bertz CT molecular complexity index is 1650.